The highest BCUT2D eigenvalue weighted by Crippen LogP contribution is 2.37. The van der Waals surface area contributed by atoms with Crippen molar-refractivity contribution in [2.24, 2.45) is 0 Å². The number of nitrogen functional groups attached to an aromatic ring is 1. The Morgan fingerprint density at radius 3 is 3.00 bits per heavy atom. The summed E-state index contributed by atoms with van der Waals surface area (Å²) in [5, 5.41) is 2.76. The molecule has 3 rings (SSSR count). The molecule has 1 aromatic heterocycles. The van der Waals surface area contributed by atoms with Crippen molar-refractivity contribution in [3.05, 3.63) is 30.6 Å². The number of fused-ring (bicyclic) bond motifs is 1. The van der Waals surface area contributed by atoms with E-state index in [0.29, 0.717) is 11.4 Å². The van der Waals surface area contributed by atoms with Gasteiger partial charge in [-0.25, -0.2) is 0 Å². The molecule has 4 heteroatoms. The predicted octanol–water partition coefficient (Wildman–Crippen LogP) is 3.09. The lowest BCUT2D eigenvalue weighted by Gasteiger charge is -2.15. The zero-order valence-corrected chi connectivity index (χ0v) is 11.1. The van der Waals surface area contributed by atoms with Crippen LogP contribution in [-0.4, -0.2) is 22.9 Å². The van der Waals surface area contributed by atoms with Crippen molar-refractivity contribution in [2.75, 3.05) is 12.3 Å². The van der Waals surface area contributed by atoms with Crippen molar-refractivity contribution in [1.29, 1.82) is 0 Å². The van der Waals surface area contributed by atoms with Gasteiger partial charge in [-0.15, -0.1) is 11.8 Å². The van der Waals surface area contributed by atoms with E-state index in [4.69, 9.17) is 10.5 Å². The minimum absolute atomic E-state index is 0.324. The lowest BCUT2D eigenvalue weighted by molar-refractivity contribution is 0.127. The Balaban J connectivity index is 1.99. The molecule has 2 atom stereocenters. The van der Waals surface area contributed by atoms with Crippen LogP contribution in [0, 0.1) is 0 Å². The minimum atomic E-state index is 0.324. The molecule has 0 spiro atoms. The molecule has 94 valence electrons. The van der Waals surface area contributed by atoms with Crippen LogP contribution in [0.15, 0.2) is 35.5 Å². The number of anilines is 1. The summed E-state index contributed by atoms with van der Waals surface area (Å²) >= 11 is 1.89. The molecule has 0 bridgehead atoms. The van der Waals surface area contributed by atoms with Crippen molar-refractivity contribution >= 4 is 28.2 Å². The van der Waals surface area contributed by atoms with E-state index in [9.17, 15) is 0 Å². The maximum atomic E-state index is 5.99. The summed E-state index contributed by atoms with van der Waals surface area (Å²) in [5.41, 5.74) is 6.78. The van der Waals surface area contributed by atoms with E-state index in [1.807, 2.05) is 36.3 Å². The molecular weight excluding hydrogens is 244 g/mol. The fraction of sp³-hybridized carbons (Fsp3) is 0.357. The number of thioether (sulfide) groups is 1. The van der Waals surface area contributed by atoms with Crippen LogP contribution in [0.1, 0.15) is 13.3 Å². The van der Waals surface area contributed by atoms with Gasteiger partial charge >= 0.3 is 0 Å². The van der Waals surface area contributed by atoms with Gasteiger partial charge < -0.3 is 10.5 Å². The van der Waals surface area contributed by atoms with Crippen molar-refractivity contribution in [3.8, 4) is 0 Å². The van der Waals surface area contributed by atoms with Gasteiger partial charge in [0.1, 0.15) is 0 Å². The van der Waals surface area contributed by atoms with Crippen LogP contribution in [0.25, 0.3) is 10.8 Å². The van der Waals surface area contributed by atoms with Gasteiger partial charge in [-0.05, 0) is 31.5 Å². The number of nitrogens with two attached hydrogens (primary N) is 1. The second-order valence-electron chi connectivity index (χ2n) is 4.60. The topological polar surface area (TPSA) is 48.1 Å². The molecular formula is C14H16N2OS. The van der Waals surface area contributed by atoms with Crippen molar-refractivity contribution in [2.45, 2.75) is 29.6 Å². The maximum Gasteiger partial charge on any atom is 0.0669 e. The molecule has 2 N–H and O–H groups in total. The van der Waals surface area contributed by atoms with Gasteiger partial charge in [0.25, 0.3) is 0 Å². The largest absolute Gasteiger partial charge is 0.398 e. The Kier molecular flexibility index (Phi) is 3.14. The van der Waals surface area contributed by atoms with Crippen LogP contribution in [0.5, 0.6) is 0 Å². The Labute approximate surface area is 111 Å². The number of hydrogen-bond acceptors (Lipinski definition) is 4. The molecule has 3 nitrogen and oxygen atoms in total. The summed E-state index contributed by atoms with van der Waals surface area (Å²) < 4.78 is 5.62. The molecule has 18 heavy (non-hydrogen) atoms. The van der Waals surface area contributed by atoms with Gasteiger partial charge in [0.15, 0.2) is 0 Å². The van der Waals surface area contributed by atoms with E-state index < -0.39 is 0 Å². The first-order chi connectivity index (χ1) is 8.75. The third-order valence-electron chi connectivity index (χ3n) is 3.40. The molecule has 1 aliphatic heterocycles. The number of aromatic nitrogens is 1. The number of rotatable bonds is 2. The molecule has 1 aliphatic rings. The average Bonchev–Trinajstić information content (AvgIpc) is 2.79. The number of ether oxygens (including phenoxy) is 1. The average molecular weight is 260 g/mol. The smallest absolute Gasteiger partial charge is 0.0669 e. The van der Waals surface area contributed by atoms with Crippen LogP contribution >= 0.6 is 11.8 Å². The van der Waals surface area contributed by atoms with Crippen LogP contribution < -0.4 is 5.73 Å². The van der Waals surface area contributed by atoms with Crippen molar-refractivity contribution in [3.63, 3.8) is 0 Å². The third kappa shape index (κ3) is 2.06. The SMILES string of the molecule is CC1OCCC1Sc1ccc(N)c2cnccc12. The Morgan fingerprint density at radius 1 is 1.33 bits per heavy atom. The standard InChI is InChI=1S/C14H16N2OS/c1-9-13(5-7-17-9)18-14-3-2-12(15)11-8-16-6-4-10(11)14/h2-4,6,8-9,13H,5,7,15H2,1H3. The molecule has 1 saturated heterocycles. The Hall–Kier alpha value is -1.26. The van der Waals surface area contributed by atoms with Gasteiger partial charge in [-0.1, -0.05) is 0 Å². The van der Waals surface area contributed by atoms with Gasteiger partial charge in [-0.3, -0.25) is 4.98 Å². The van der Waals surface area contributed by atoms with Crippen LogP contribution in [0.4, 0.5) is 5.69 Å². The number of nitrogens with zero attached hydrogens (tertiary/aromatic N) is 1. The Bertz CT molecular complexity index is 573. The molecule has 2 unspecified atom stereocenters. The van der Waals surface area contributed by atoms with Crippen molar-refractivity contribution < 1.29 is 4.74 Å². The monoisotopic (exact) mass is 260 g/mol. The van der Waals surface area contributed by atoms with E-state index >= 15 is 0 Å². The highest BCUT2D eigenvalue weighted by atomic mass is 32.2. The number of pyridine rings is 1. The summed E-state index contributed by atoms with van der Waals surface area (Å²) in [6.45, 7) is 3.01. The van der Waals surface area contributed by atoms with Gasteiger partial charge in [0.05, 0.1) is 6.10 Å². The third-order valence-corrected chi connectivity index (χ3v) is 4.93. The summed E-state index contributed by atoms with van der Waals surface area (Å²) in [4.78, 5) is 5.42. The lowest BCUT2D eigenvalue weighted by Crippen LogP contribution is -2.13. The normalized spacial score (nSPS) is 23.6. The van der Waals surface area contributed by atoms with E-state index in [-0.39, 0.29) is 0 Å². The fourth-order valence-electron chi connectivity index (χ4n) is 2.32. The molecule has 0 aliphatic carbocycles. The molecule has 2 aromatic rings. The first kappa shape index (κ1) is 11.8. The molecule has 2 heterocycles. The maximum absolute atomic E-state index is 5.99. The van der Waals surface area contributed by atoms with E-state index in [0.717, 1.165) is 24.1 Å². The molecule has 1 aromatic carbocycles. The van der Waals surface area contributed by atoms with Gasteiger partial charge in [0, 0.05) is 45.6 Å². The first-order valence-corrected chi connectivity index (χ1v) is 7.04. The predicted molar refractivity (Wildman–Crippen MR) is 75.8 cm³/mol. The number of benzene rings is 1. The van der Waals surface area contributed by atoms with Crippen LogP contribution in [0.3, 0.4) is 0 Å². The zero-order valence-electron chi connectivity index (χ0n) is 10.3. The number of hydrogen-bond donors (Lipinski definition) is 1. The van der Waals surface area contributed by atoms with Crippen LogP contribution in [0.2, 0.25) is 0 Å². The van der Waals surface area contributed by atoms with Gasteiger partial charge in [-0.2, -0.15) is 0 Å². The highest BCUT2D eigenvalue weighted by Gasteiger charge is 2.25. The van der Waals surface area contributed by atoms with Crippen LogP contribution in [-0.2, 0) is 4.74 Å². The lowest BCUT2D eigenvalue weighted by atomic mass is 10.1. The second-order valence-corrected chi connectivity index (χ2v) is 5.88. The summed E-state index contributed by atoms with van der Waals surface area (Å²) in [7, 11) is 0. The summed E-state index contributed by atoms with van der Waals surface area (Å²) in [5.74, 6) is 0. The second kappa shape index (κ2) is 4.78. The molecule has 0 radical (unpaired) electrons. The first-order valence-electron chi connectivity index (χ1n) is 6.16. The minimum Gasteiger partial charge on any atom is -0.398 e. The van der Waals surface area contributed by atoms with Crippen molar-refractivity contribution in [1.82, 2.24) is 4.98 Å². The van der Waals surface area contributed by atoms with E-state index in [1.54, 1.807) is 0 Å². The summed E-state index contributed by atoms with van der Waals surface area (Å²) in [6, 6.07) is 6.11. The summed E-state index contributed by atoms with van der Waals surface area (Å²) in [6.07, 6.45) is 5.09. The Morgan fingerprint density at radius 2 is 2.22 bits per heavy atom. The highest BCUT2D eigenvalue weighted by molar-refractivity contribution is 8.00. The molecule has 0 saturated carbocycles. The molecule has 1 fully saturated rings. The zero-order chi connectivity index (χ0) is 12.5. The van der Waals surface area contributed by atoms with Gasteiger partial charge in [0.2, 0.25) is 0 Å². The van der Waals surface area contributed by atoms with E-state index in [2.05, 4.69) is 18.0 Å². The quantitative estimate of drug-likeness (QED) is 0.843. The fourth-order valence-corrected chi connectivity index (χ4v) is 3.58. The van der Waals surface area contributed by atoms with E-state index in [1.165, 1.54) is 10.3 Å². The molecule has 0 amide bonds.